The lowest BCUT2D eigenvalue weighted by Crippen LogP contribution is -2.14. The molecule has 168 valence electrons. The Morgan fingerprint density at radius 1 is 1.18 bits per heavy atom. The number of nitrogens with zero attached hydrogens (tertiary/aromatic N) is 4. The topological polar surface area (TPSA) is 70.9 Å². The van der Waals surface area contributed by atoms with Crippen LogP contribution in [-0.4, -0.2) is 19.3 Å². The maximum atomic E-state index is 14.3. The van der Waals surface area contributed by atoms with E-state index in [1.807, 2.05) is 29.9 Å². The molecule has 0 radical (unpaired) electrons. The minimum Gasteiger partial charge on any atom is -0.482 e. The number of nitrogens with two attached hydrogens (primary N) is 1. The summed E-state index contributed by atoms with van der Waals surface area (Å²) in [6.45, 7) is 1.90. The van der Waals surface area contributed by atoms with Crippen LogP contribution in [0.5, 0.6) is 5.75 Å². The number of halogens is 1. The molecule has 6 rings (SSSR count). The van der Waals surface area contributed by atoms with Crippen LogP contribution in [-0.2, 0) is 13.5 Å². The number of benzene rings is 1. The molecule has 1 fully saturated rings. The zero-order valence-corrected chi connectivity index (χ0v) is 18.8. The molecule has 7 heteroatoms. The molecule has 3 aromatic heterocycles. The largest absolute Gasteiger partial charge is 0.482 e. The summed E-state index contributed by atoms with van der Waals surface area (Å²) < 4.78 is 24.7. The van der Waals surface area contributed by atoms with E-state index in [0.29, 0.717) is 29.5 Å². The molecular formula is C26H26FN5O. The van der Waals surface area contributed by atoms with Gasteiger partial charge in [-0.05, 0) is 61.6 Å². The fourth-order valence-electron chi connectivity index (χ4n) is 5.21. The third-order valence-corrected chi connectivity index (χ3v) is 7.02. The van der Waals surface area contributed by atoms with Crippen LogP contribution in [0, 0.1) is 5.82 Å². The molecule has 1 aliphatic heterocycles. The van der Waals surface area contributed by atoms with Crippen molar-refractivity contribution in [1.82, 2.24) is 19.3 Å². The first kappa shape index (κ1) is 20.0. The number of pyridine rings is 1. The molecular weight excluding hydrogens is 417 g/mol. The molecule has 2 aliphatic rings. The summed E-state index contributed by atoms with van der Waals surface area (Å²) in [6.07, 6.45) is 9.75. The van der Waals surface area contributed by atoms with Crippen LogP contribution in [0.1, 0.15) is 60.7 Å². The van der Waals surface area contributed by atoms with Gasteiger partial charge in [-0.15, -0.1) is 0 Å². The third-order valence-electron chi connectivity index (χ3n) is 7.02. The van der Waals surface area contributed by atoms with E-state index in [0.717, 1.165) is 16.9 Å². The number of hydrogen-bond donors (Lipinski definition) is 1. The summed E-state index contributed by atoms with van der Waals surface area (Å²) >= 11 is 0. The van der Waals surface area contributed by atoms with Crippen LogP contribution in [0.25, 0.3) is 16.8 Å². The first-order valence-corrected chi connectivity index (χ1v) is 11.4. The fourth-order valence-corrected chi connectivity index (χ4v) is 5.21. The Labute approximate surface area is 191 Å². The highest BCUT2D eigenvalue weighted by Gasteiger charge is 2.29. The smallest absolute Gasteiger partial charge is 0.166 e. The SMILES string of the molecule is CC1Oc2cc(cnc2N)-c2c(cn(C)c2C2CCC2)Cc2ccnn2-c2ccc(F)cc21. The lowest BCUT2D eigenvalue weighted by molar-refractivity contribution is 0.226. The predicted octanol–water partition coefficient (Wildman–Crippen LogP) is 5.31. The predicted molar refractivity (Wildman–Crippen MR) is 125 cm³/mol. The summed E-state index contributed by atoms with van der Waals surface area (Å²) in [5.74, 6) is 1.05. The number of aromatic nitrogens is 4. The van der Waals surface area contributed by atoms with Gasteiger partial charge in [0.15, 0.2) is 11.6 Å². The van der Waals surface area contributed by atoms with Crippen LogP contribution in [0.15, 0.2) is 48.9 Å². The molecule has 1 aromatic carbocycles. The molecule has 1 saturated carbocycles. The lowest BCUT2D eigenvalue weighted by atomic mass is 9.80. The Hall–Kier alpha value is -3.61. The van der Waals surface area contributed by atoms with Crippen molar-refractivity contribution in [2.24, 2.45) is 7.05 Å². The average Bonchev–Trinajstić information content (AvgIpc) is 3.33. The lowest BCUT2D eigenvalue weighted by Gasteiger charge is -2.28. The highest BCUT2D eigenvalue weighted by Crippen LogP contribution is 2.45. The van der Waals surface area contributed by atoms with Crippen molar-refractivity contribution in [3.8, 4) is 22.6 Å². The molecule has 1 atom stereocenters. The van der Waals surface area contributed by atoms with E-state index in [2.05, 4.69) is 27.9 Å². The molecule has 33 heavy (non-hydrogen) atoms. The van der Waals surface area contributed by atoms with Crippen molar-refractivity contribution < 1.29 is 9.13 Å². The normalized spacial score (nSPS) is 17.6. The number of anilines is 1. The van der Waals surface area contributed by atoms with Gasteiger partial charge in [0.25, 0.3) is 0 Å². The Balaban J connectivity index is 1.62. The van der Waals surface area contributed by atoms with E-state index in [1.54, 1.807) is 12.3 Å². The van der Waals surface area contributed by atoms with E-state index in [9.17, 15) is 4.39 Å². The van der Waals surface area contributed by atoms with E-state index >= 15 is 0 Å². The number of aryl methyl sites for hydroxylation is 1. The van der Waals surface area contributed by atoms with Gasteiger partial charge >= 0.3 is 0 Å². The van der Waals surface area contributed by atoms with Crippen molar-refractivity contribution in [2.75, 3.05) is 5.73 Å². The molecule has 0 amide bonds. The van der Waals surface area contributed by atoms with E-state index in [4.69, 9.17) is 10.5 Å². The highest BCUT2D eigenvalue weighted by molar-refractivity contribution is 5.74. The zero-order valence-electron chi connectivity index (χ0n) is 18.8. The van der Waals surface area contributed by atoms with Crippen molar-refractivity contribution in [2.45, 2.75) is 44.6 Å². The summed E-state index contributed by atoms with van der Waals surface area (Å²) in [7, 11) is 2.12. The standard InChI is InChI=1S/C26H26FN5O/c1-15-21-12-19(27)6-7-22(21)32-20(8-9-30-32)10-18-14-31(2)25(16-4-3-5-16)24(18)17-11-23(33-15)26(28)29-13-17/h6-9,11-16H,3-5,10H2,1-2H3,(H2,28,29). The zero-order chi connectivity index (χ0) is 22.7. The molecule has 1 unspecified atom stereocenters. The Bertz CT molecular complexity index is 1370. The van der Waals surface area contributed by atoms with Crippen LogP contribution >= 0.6 is 0 Å². The van der Waals surface area contributed by atoms with Gasteiger partial charge < -0.3 is 15.0 Å². The molecule has 2 bridgehead atoms. The Morgan fingerprint density at radius 3 is 2.82 bits per heavy atom. The van der Waals surface area contributed by atoms with Crippen LogP contribution < -0.4 is 10.5 Å². The maximum absolute atomic E-state index is 14.3. The second kappa shape index (κ2) is 7.47. The molecule has 0 saturated heterocycles. The van der Waals surface area contributed by atoms with Gasteiger partial charge in [-0.1, -0.05) is 6.42 Å². The molecule has 2 N–H and O–H groups in total. The van der Waals surface area contributed by atoms with Gasteiger partial charge in [-0.3, -0.25) is 0 Å². The van der Waals surface area contributed by atoms with Crippen molar-refractivity contribution in [3.05, 3.63) is 77.3 Å². The first-order valence-electron chi connectivity index (χ1n) is 11.4. The van der Waals surface area contributed by atoms with Gasteiger partial charge in [-0.25, -0.2) is 14.1 Å². The average molecular weight is 444 g/mol. The molecule has 6 nitrogen and oxygen atoms in total. The van der Waals surface area contributed by atoms with Gasteiger partial charge in [-0.2, -0.15) is 5.10 Å². The van der Waals surface area contributed by atoms with Gasteiger partial charge in [0.05, 0.1) is 5.69 Å². The fraction of sp³-hybridized carbons (Fsp3) is 0.308. The quantitative estimate of drug-likeness (QED) is 0.433. The highest BCUT2D eigenvalue weighted by atomic mass is 19.1. The van der Waals surface area contributed by atoms with Gasteiger partial charge in [0, 0.05) is 60.1 Å². The van der Waals surface area contributed by atoms with Gasteiger partial charge in [0.2, 0.25) is 0 Å². The minimum absolute atomic E-state index is 0.319. The van der Waals surface area contributed by atoms with E-state index in [-0.39, 0.29) is 5.82 Å². The number of rotatable bonds is 1. The molecule has 0 spiro atoms. The first-order chi connectivity index (χ1) is 16.0. The number of ether oxygens (including phenoxy) is 1. The van der Waals surface area contributed by atoms with Crippen LogP contribution in [0.4, 0.5) is 10.2 Å². The Kier molecular flexibility index (Phi) is 4.54. The van der Waals surface area contributed by atoms with Crippen LogP contribution in [0.3, 0.4) is 0 Å². The van der Waals surface area contributed by atoms with Gasteiger partial charge in [0.1, 0.15) is 11.9 Å². The molecule has 1 aliphatic carbocycles. The minimum atomic E-state index is -0.451. The summed E-state index contributed by atoms with van der Waals surface area (Å²) in [6, 6.07) is 8.74. The Morgan fingerprint density at radius 2 is 2.03 bits per heavy atom. The third kappa shape index (κ3) is 3.22. The maximum Gasteiger partial charge on any atom is 0.166 e. The van der Waals surface area contributed by atoms with Crippen molar-refractivity contribution in [1.29, 1.82) is 0 Å². The van der Waals surface area contributed by atoms with Crippen molar-refractivity contribution >= 4 is 5.82 Å². The second-order valence-electron chi connectivity index (χ2n) is 9.14. The number of hydrogen-bond acceptors (Lipinski definition) is 4. The summed E-state index contributed by atoms with van der Waals surface area (Å²) in [5.41, 5.74) is 13.5. The molecule has 4 aromatic rings. The summed E-state index contributed by atoms with van der Waals surface area (Å²) in [5, 5.41) is 4.60. The number of nitrogen functional groups attached to an aromatic ring is 1. The summed E-state index contributed by atoms with van der Waals surface area (Å²) in [4.78, 5) is 4.48. The second-order valence-corrected chi connectivity index (χ2v) is 9.14. The monoisotopic (exact) mass is 443 g/mol. The van der Waals surface area contributed by atoms with E-state index in [1.165, 1.54) is 48.2 Å². The molecule has 4 heterocycles. The van der Waals surface area contributed by atoms with Crippen molar-refractivity contribution in [3.63, 3.8) is 0 Å². The van der Waals surface area contributed by atoms with E-state index < -0.39 is 6.10 Å². The number of fused-ring (bicyclic) bond motifs is 7. The van der Waals surface area contributed by atoms with Crippen LogP contribution in [0.2, 0.25) is 0 Å².